The molecule has 2 N–H and O–H groups in total. The van der Waals surface area contributed by atoms with Crippen LogP contribution in [0.1, 0.15) is 29.8 Å². The summed E-state index contributed by atoms with van der Waals surface area (Å²) < 4.78 is 10.4. The highest BCUT2D eigenvalue weighted by molar-refractivity contribution is 5.91. The average Bonchev–Trinajstić information content (AvgIpc) is 3.38. The number of nitrogens with zero attached hydrogens (tertiary/aromatic N) is 2. The van der Waals surface area contributed by atoms with Gasteiger partial charge < -0.3 is 24.7 Å². The molecule has 9 nitrogen and oxygen atoms in total. The van der Waals surface area contributed by atoms with Crippen LogP contribution in [0.25, 0.3) is 0 Å². The summed E-state index contributed by atoms with van der Waals surface area (Å²) in [6.07, 6.45) is 3.16. The molecule has 3 fully saturated rings. The first-order valence-electron chi connectivity index (χ1n) is 9.85. The molecule has 152 valence electrons. The number of nitrogens with one attached hydrogen (secondary N) is 2. The lowest BCUT2D eigenvalue weighted by Crippen LogP contribution is -2.58. The second-order valence-corrected chi connectivity index (χ2v) is 7.53. The van der Waals surface area contributed by atoms with Gasteiger partial charge in [-0.3, -0.25) is 19.3 Å². The minimum absolute atomic E-state index is 0.00879. The van der Waals surface area contributed by atoms with Gasteiger partial charge in [-0.2, -0.15) is 0 Å². The summed E-state index contributed by atoms with van der Waals surface area (Å²) in [7, 11) is 0. The van der Waals surface area contributed by atoms with Crippen molar-refractivity contribution in [1.29, 1.82) is 0 Å². The van der Waals surface area contributed by atoms with E-state index in [9.17, 15) is 14.4 Å². The zero-order chi connectivity index (χ0) is 19.5. The zero-order valence-electron chi connectivity index (χ0n) is 15.8. The largest absolute Gasteiger partial charge is 0.459 e. The SMILES string of the molecule is O=C(NC1CC2C(=O)NCC(CCC(=O)N3CCOCC3)N2C1)c1ccco1. The molecule has 1 aromatic heterocycles. The minimum Gasteiger partial charge on any atom is -0.459 e. The van der Waals surface area contributed by atoms with Crippen LogP contribution >= 0.6 is 0 Å². The number of carbonyl (C=O) groups is 3. The second kappa shape index (κ2) is 8.32. The van der Waals surface area contributed by atoms with Crippen molar-refractivity contribution in [2.75, 3.05) is 39.4 Å². The molecule has 4 rings (SSSR count). The summed E-state index contributed by atoms with van der Waals surface area (Å²) >= 11 is 0. The maximum Gasteiger partial charge on any atom is 0.287 e. The summed E-state index contributed by atoms with van der Waals surface area (Å²) in [6.45, 7) is 3.61. The Labute approximate surface area is 163 Å². The molecule has 0 aliphatic carbocycles. The molecule has 0 aromatic carbocycles. The van der Waals surface area contributed by atoms with Crippen molar-refractivity contribution < 1.29 is 23.5 Å². The normalized spacial score (nSPS) is 27.9. The van der Waals surface area contributed by atoms with Crippen molar-refractivity contribution in [3.63, 3.8) is 0 Å². The number of rotatable bonds is 5. The predicted octanol–water partition coefficient (Wildman–Crippen LogP) is -0.410. The van der Waals surface area contributed by atoms with Crippen LogP contribution in [0.4, 0.5) is 0 Å². The molecule has 0 saturated carbocycles. The van der Waals surface area contributed by atoms with E-state index >= 15 is 0 Å². The van der Waals surface area contributed by atoms with Gasteiger partial charge in [0.2, 0.25) is 11.8 Å². The molecule has 9 heteroatoms. The Morgan fingerprint density at radius 3 is 2.86 bits per heavy atom. The lowest BCUT2D eigenvalue weighted by molar-refractivity contribution is -0.136. The number of amides is 3. The van der Waals surface area contributed by atoms with Gasteiger partial charge >= 0.3 is 0 Å². The van der Waals surface area contributed by atoms with Crippen LogP contribution in [0.15, 0.2) is 22.8 Å². The highest BCUT2D eigenvalue weighted by Gasteiger charge is 2.44. The molecule has 3 amide bonds. The van der Waals surface area contributed by atoms with Crippen molar-refractivity contribution in [2.24, 2.45) is 0 Å². The van der Waals surface area contributed by atoms with Crippen molar-refractivity contribution in [3.05, 3.63) is 24.2 Å². The molecule has 0 spiro atoms. The first kappa shape index (κ1) is 18.9. The highest BCUT2D eigenvalue weighted by atomic mass is 16.5. The summed E-state index contributed by atoms with van der Waals surface area (Å²) in [4.78, 5) is 40.9. The number of fused-ring (bicyclic) bond motifs is 1. The Kier molecular flexibility index (Phi) is 5.63. The summed E-state index contributed by atoms with van der Waals surface area (Å²) in [5, 5.41) is 5.90. The molecule has 0 radical (unpaired) electrons. The van der Waals surface area contributed by atoms with Gasteiger partial charge in [-0.25, -0.2) is 0 Å². The van der Waals surface area contributed by atoms with Crippen LogP contribution in [0.2, 0.25) is 0 Å². The number of carbonyl (C=O) groups excluding carboxylic acids is 3. The number of morpholine rings is 1. The number of hydrogen-bond donors (Lipinski definition) is 2. The summed E-state index contributed by atoms with van der Waals surface area (Å²) in [6, 6.07) is 2.99. The van der Waals surface area contributed by atoms with Crippen LogP contribution in [0.3, 0.4) is 0 Å². The number of ether oxygens (including phenoxy) is 1. The van der Waals surface area contributed by atoms with Gasteiger partial charge in [-0.15, -0.1) is 0 Å². The Morgan fingerprint density at radius 2 is 2.11 bits per heavy atom. The van der Waals surface area contributed by atoms with Gasteiger partial charge in [0.05, 0.1) is 25.5 Å². The van der Waals surface area contributed by atoms with Gasteiger partial charge in [-0.1, -0.05) is 0 Å². The van der Waals surface area contributed by atoms with E-state index in [-0.39, 0.29) is 41.6 Å². The van der Waals surface area contributed by atoms with Crippen molar-refractivity contribution in [1.82, 2.24) is 20.4 Å². The van der Waals surface area contributed by atoms with Crippen LogP contribution in [-0.2, 0) is 14.3 Å². The molecule has 3 aliphatic heterocycles. The number of furan rings is 1. The molecular weight excluding hydrogens is 364 g/mol. The molecule has 3 atom stereocenters. The van der Waals surface area contributed by atoms with Crippen LogP contribution in [0.5, 0.6) is 0 Å². The minimum atomic E-state index is -0.269. The molecular formula is C19H26N4O5. The fourth-order valence-electron chi connectivity index (χ4n) is 4.27. The van der Waals surface area contributed by atoms with E-state index in [4.69, 9.17) is 9.15 Å². The quantitative estimate of drug-likeness (QED) is 0.708. The average molecular weight is 390 g/mol. The van der Waals surface area contributed by atoms with Crippen LogP contribution < -0.4 is 10.6 Å². The second-order valence-electron chi connectivity index (χ2n) is 7.53. The summed E-state index contributed by atoms with van der Waals surface area (Å²) in [5.74, 6) is 0.125. The smallest absolute Gasteiger partial charge is 0.287 e. The highest BCUT2D eigenvalue weighted by Crippen LogP contribution is 2.26. The van der Waals surface area contributed by atoms with E-state index < -0.39 is 0 Å². The Bertz CT molecular complexity index is 716. The van der Waals surface area contributed by atoms with Crippen molar-refractivity contribution in [2.45, 2.75) is 37.4 Å². The first-order chi connectivity index (χ1) is 13.6. The predicted molar refractivity (Wildman–Crippen MR) is 98.5 cm³/mol. The Balaban J connectivity index is 1.33. The summed E-state index contributed by atoms with van der Waals surface area (Å²) in [5.41, 5.74) is 0. The van der Waals surface area contributed by atoms with E-state index in [1.165, 1.54) is 6.26 Å². The van der Waals surface area contributed by atoms with E-state index in [2.05, 4.69) is 15.5 Å². The lowest BCUT2D eigenvalue weighted by Gasteiger charge is -2.37. The van der Waals surface area contributed by atoms with Crippen molar-refractivity contribution in [3.8, 4) is 0 Å². The third-order valence-electron chi connectivity index (χ3n) is 5.76. The number of hydrogen-bond acceptors (Lipinski definition) is 6. The lowest BCUT2D eigenvalue weighted by atomic mass is 10.0. The third kappa shape index (κ3) is 4.05. The van der Waals surface area contributed by atoms with Gasteiger partial charge in [0, 0.05) is 44.7 Å². The third-order valence-corrected chi connectivity index (χ3v) is 5.76. The molecule has 4 heterocycles. The molecule has 3 unspecified atom stereocenters. The van der Waals surface area contributed by atoms with E-state index in [1.54, 1.807) is 12.1 Å². The van der Waals surface area contributed by atoms with Gasteiger partial charge in [0.15, 0.2) is 5.76 Å². The van der Waals surface area contributed by atoms with E-state index in [0.717, 1.165) is 0 Å². The van der Waals surface area contributed by atoms with E-state index in [1.807, 2.05) is 4.90 Å². The number of piperazine rings is 1. The van der Waals surface area contributed by atoms with Gasteiger partial charge in [0.1, 0.15) is 0 Å². The molecule has 3 saturated heterocycles. The fourth-order valence-corrected chi connectivity index (χ4v) is 4.27. The molecule has 0 bridgehead atoms. The van der Waals surface area contributed by atoms with Crippen molar-refractivity contribution >= 4 is 17.7 Å². The Hall–Kier alpha value is -2.39. The first-order valence-corrected chi connectivity index (χ1v) is 9.85. The molecule has 3 aliphatic rings. The van der Waals surface area contributed by atoms with Gasteiger partial charge in [-0.05, 0) is 25.0 Å². The fraction of sp³-hybridized carbons (Fsp3) is 0.632. The monoisotopic (exact) mass is 390 g/mol. The molecule has 1 aromatic rings. The molecule has 28 heavy (non-hydrogen) atoms. The Morgan fingerprint density at radius 1 is 1.29 bits per heavy atom. The maximum atomic E-state index is 12.4. The topological polar surface area (TPSA) is 104 Å². The maximum absolute atomic E-state index is 12.4. The van der Waals surface area contributed by atoms with E-state index in [0.29, 0.717) is 58.7 Å². The zero-order valence-corrected chi connectivity index (χ0v) is 15.8. The van der Waals surface area contributed by atoms with Crippen LogP contribution in [0, 0.1) is 0 Å². The van der Waals surface area contributed by atoms with Crippen LogP contribution in [-0.4, -0.2) is 85.0 Å². The standard InChI is InChI=1S/C19H26N4O5/c24-17(22-5-8-27-9-6-22)4-3-14-11-20-18(25)15-10-13(12-23(14)15)21-19(26)16-2-1-7-28-16/h1-2,7,13-15H,3-6,8-12H2,(H,20,25)(H,21,26). The van der Waals surface area contributed by atoms with Gasteiger partial charge in [0.25, 0.3) is 5.91 Å².